The Bertz CT molecular complexity index is 1210. The number of carboxylic acid groups (broad SMARTS) is 1. The van der Waals surface area contributed by atoms with Crippen LogP contribution in [0, 0.1) is 0 Å². The molecular weight excluding hydrogens is 473 g/mol. The highest BCUT2D eigenvalue weighted by atomic mass is 35.5. The Morgan fingerprint density at radius 2 is 1.47 bits per heavy atom. The number of benzene rings is 3. The fourth-order valence-electron chi connectivity index (χ4n) is 3.89. The summed E-state index contributed by atoms with van der Waals surface area (Å²) < 4.78 is 0. The molecule has 1 N–H and O–H groups in total. The van der Waals surface area contributed by atoms with Crippen LogP contribution in [0.1, 0.15) is 5.56 Å². The van der Waals surface area contributed by atoms with Crippen molar-refractivity contribution in [3.05, 3.63) is 94.5 Å². The number of carboxylic acids is 1. The second-order valence-electron chi connectivity index (χ2n) is 7.79. The van der Waals surface area contributed by atoms with Gasteiger partial charge in [0.25, 0.3) is 0 Å². The maximum atomic E-state index is 12.4. The minimum absolute atomic E-state index is 0.174. The second-order valence-corrected chi connectivity index (χ2v) is 8.58. The standard InChI is InChI=1S/C26H23Cl2N3O3/c27-22-7-4-8-23(25(22)28)31-15-13-30(14-16-31)20-11-9-19(10-12-20)29-24(32)17-21(26(33)34)18-5-2-1-3-6-18/h1-12,17H,13-16H2,(H,29,32)(H,33,34)/p-1/b21-17+. The predicted molar refractivity (Wildman–Crippen MR) is 135 cm³/mol. The minimum Gasteiger partial charge on any atom is -0.545 e. The maximum absolute atomic E-state index is 12.4. The summed E-state index contributed by atoms with van der Waals surface area (Å²) >= 11 is 12.5. The topological polar surface area (TPSA) is 75.7 Å². The number of nitrogens with zero attached hydrogens (tertiary/aromatic N) is 2. The van der Waals surface area contributed by atoms with Gasteiger partial charge in [-0.25, -0.2) is 0 Å². The van der Waals surface area contributed by atoms with Crippen molar-refractivity contribution in [2.75, 3.05) is 41.3 Å². The van der Waals surface area contributed by atoms with Gasteiger partial charge in [0.1, 0.15) is 0 Å². The zero-order chi connectivity index (χ0) is 24.1. The Labute approximate surface area is 208 Å². The molecule has 0 unspecified atom stereocenters. The summed E-state index contributed by atoms with van der Waals surface area (Å²) in [5.41, 5.74) is 2.77. The van der Waals surface area contributed by atoms with E-state index < -0.39 is 11.9 Å². The molecule has 3 aromatic carbocycles. The highest BCUT2D eigenvalue weighted by Gasteiger charge is 2.20. The molecule has 0 saturated carbocycles. The maximum Gasteiger partial charge on any atom is 0.249 e. The third-order valence-corrected chi connectivity index (χ3v) is 6.44. The number of carbonyl (C=O) groups excluding carboxylic acids is 2. The molecule has 8 heteroatoms. The second kappa shape index (κ2) is 10.6. The lowest BCUT2D eigenvalue weighted by molar-refractivity contribution is -0.295. The van der Waals surface area contributed by atoms with E-state index in [9.17, 15) is 14.7 Å². The van der Waals surface area contributed by atoms with Crippen LogP contribution in [0.15, 0.2) is 78.9 Å². The molecule has 6 nitrogen and oxygen atoms in total. The molecular formula is C26H22Cl2N3O3-. The van der Waals surface area contributed by atoms with Crippen LogP contribution in [0.5, 0.6) is 0 Å². The number of hydrogen-bond donors (Lipinski definition) is 1. The molecule has 1 fully saturated rings. The zero-order valence-corrected chi connectivity index (χ0v) is 19.7. The summed E-state index contributed by atoms with van der Waals surface area (Å²) in [6.07, 6.45) is 1.04. The first-order valence-electron chi connectivity index (χ1n) is 10.8. The third kappa shape index (κ3) is 5.53. The van der Waals surface area contributed by atoms with Gasteiger partial charge in [-0.3, -0.25) is 4.79 Å². The summed E-state index contributed by atoms with van der Waals surface area (Å²) in [7, 11) is 0. The average molecular weight is 495 g/mol. The number of rotatable bonds is 6. The normalized spacial score (nSPS) is 14.1. The highest BCUT2D eigenvalue weighted by molar-refractivity contribution is 6.43. The van der Waals surface area contributed by atoms with Crippen LogP contribution in [0.25, 0.3) is 5.57 Å². The van der Waals surface area contributed by atoms with Crippen molar-refractivity contribution in [1.29, 1.82) is 0 Å². The Kier molecular flexibility index (Phi) is 7.40. The third-order valence-electron chi connectivity index (χ3n) is 5.63. The van der Waals surface area contributed by atoms with Crippen molar-refractivity contribution in [3.8, 4) is 0 Å². The van der Waals surface area contributed by atoms with Crippen LogP contribution in [-0.2, 0) is 9.59 Å². The first-order valence-corrected chi connectivity index (χ1v) is 11.5. The lowest BCUT2D eigenvalue weighted by Gasteiger charge is -2.37. The molecule has 1 saturated heterocycles. The molecule has 34 heavy (non-hydrogen) atoms. The van der Waals surface area contributed by atoms with Crippen molar-refractivity contribution >= 4 is 57.7 Å². The molecule has 0 aliphatic carbocycles. The smallest absolute Gasteiger partial charge is 0.249 e. The van der Waals surface area contributed by atoms with Gasteiger partial charge < -0.3 is 25.0 Å². The molecule has 1 amide bonds. The van der Waals surface area contributed by atoms with E-state index in [1.54, 1.807) is 48.5 Å². The number of halogens is 2. The van der Waals surface area contributed by atoms with Gasteiger partial charge in [0.05, 0.1) is 21.7 Å². The minimum atomic E-state index is -1.41. The Balaban J connectivity index is 1.37. The summed E-state index contributed by atoms with van der Waals surface area (Å²) in [4.78, 5) is 28.3. The molecule has 0 radical (unpaired) electrons. The summed E-state index contributed by atoms with van der Waals surface area (Å²) in [5.74, 6) is -1.95. The van der Waals surface area contributed by atoms with Gasteiger partial charge in [-0.2, -0.15) is 0 Å². The van der Waals surface area contributed by atoms with Crippen LogP contribution in [0.3, 0.4) is 0 Å². The summed E-state index contributed by atoms with van der Waals surface area (Å²) in [6.45, 7) is 3.22. The van der Waals surface area contributed by atoms with E-state index in [4.69, 9.17) is 23.2 Å². The quantitative estimate of drug-likeness (QED) is 0.522. The fourth-order valence-corrected chi connectivity index (χ4v) is 4.30. The number of amides is 1. The Morgan fingerprint density at radius 3 is 2.12 bits per heavy atom. The molecule has 3 aromatic rings. The number of hydrogen-bond acceptors (Lipinski definition) is 5. The van der Waals surface area contributed by atoms with Crippen LogP contribution in [-0.4, -0.2) is 38.1 Å². The fraction of sp³-hybridized carbons (Fsp3) is 0.154. The van der Waals surface area contributed by atoms with Crippen LogP contribution in [0.4, 0.5) is 17.1 Å². The number of carbonyl (C=O) groups is 2. The molecule has 1 aliphatic heterocycles. The van der Waals surface area contributed by atoms with Crippen molar-refractivity contribution < 1.29 is 14.7 Å². The van der Waals surface area contributed by atoms with Gasteiger partial charge in [-0.15, -0.1) is 0 Å². The van der Waals surface area contributed by atoms with Crippen molar-refractivity contribution in [3.63, 3.8) is 0 Å². The molecule has 1 aliphatic rings. The molecule has 0 aromatic heterocycles. The SMILES string of the molecule is O=C(/C=C(/C(=O)[O-])c1ccccc1)Nc1ccc(N2CCN(c3cccc(Cl)c3Cl)CC2)cc1. The largest absolute Gasteiger partial charge is 0.545 e. The lowest BCUT2D eigenvalue weighted by atomic mass is 10.1. The van der Waals surface area contributed by atoms with Crippen molar-refractivity contribution in [1.82, 2.24) is 0 Å². The van der Waals surface area contributed by atoms with E-state index in [-0.39, 0.29) is 5.57 Å². The van der Waals surface area contributed by atoms with Gasteiger partial charge in [0.2, 0.25) is 5.91 Å². The molecule has 4 rings (SSSR count). The zero-order valence-electron chi connectivity index (χ0n) is 18.2. The van der Waals surface area contributed by atoms with Crippen molar-refractivity contribution in [2.24, 2.45) is 0 Å². The number of nitrogens with one attached hydrogen (secondary N) is 1. The summed E-state index contributed by atoms with van der Waals surface area (Å²) in [6, 6.07) is 21.5. The monoisotopic (exact) mass is 494 g/mol. The number of anilines is 3. The van der Waals surface area contributed by atoms with Gasteiger partial charge in [0, 0.05) is 49.2 Å². The van der Waals surface area contributed by atoms with E-state index in [1.807, 2.05) is 24.3 Å². The van der Waals surface area contributed by atoms with E-state index in [1.165, 1.54) is 0 Å². The molecule has 0 atom stereocenters. The predicted octanol–water partition coefficient (Wildman–Crippen LogP) is 4.09. The van der Waals surface area contributed by atoms with Gasteiger partial charge >= 0.3 is 0 Å². The van der Waals surface area contributed by atoms with E-state index >= 15 is 0 Å². The van der Waals surface area contributed by atoms with Crippen LogP contribution in [0.2, 0.25) is 10.0 Å². The molecule has 0 bridgehead atoms. The first kappa shape index (κ1) is 23.7. The number of aliphatic carboxylic acids is 1. The Hall–Kier alpha value is -3.48. The lowest BCUT2D eigenvalue weighted by Crippen LogP contribution is -2.46. The highest BCUT2D eigenvalue weighted by Crippen LogP contribution is 2.33. The van der Waals surface area contributed by atoms with Gasteiger partial charge in [0.15, 0.2) is 0 Å². The van der Waals surface area contributed by atoms with Gasteiger partial charge in [-0.05, 0) is 42.0 Å². The van der Waals surface area contributed by atoms with Crippen LogP contribution < -0.4 is 20.2 Å². The van der Waals surface area contributed by atoms with Crippen LogP contribution >= 0.6 is 23.2 Å². The van der Waals surface area contributed by atoms with Crippen molar-refractivity contribution in [2.45, 2.75) is 0 Å². The van der Waals surface area contributed by atoms with E-state index in [2.05, 4.69) is 15.1 Å². The summed E-state index contributed by atoms with van der Waals surface area (Å²) in [5, 5.41) is 15.3. The first-order chi connectivity index (χ1) is 16.4. The molecule has 0 spiro atoms. The van der Waals surface area contributed by atoms with E-state index in [0.29, 0.717) is 21.3 Å². The Morgan fingerprint density at radius 1 is 0.824 bits per heavy atom. The van der Waals surface area contributed by atoms with E-state index in [0.717, 1.165) is 43.6 Å². The molecule has 174 valence electrons. The molecule has 1 heterocycles. The van der Waals surface area contributed by atoms with Gasteiger partial charge in [-0.1, -0.05) is 59.6 Å². The average Bonchev–Trinajstić information content (AvgIpc) is 2.85. The number of piperazine rings is 1.